The molecule has 114 valence electrons. The fourth-order valence-electron chi connectivity index (χ4n) is 1.78. The van der Waals surface area contributed by atoms with Gasteiger partial charge in [-0.1, -0.05) is 12.1 Å². The summed E-state index contributed by atoms with van der Waals surface area (Å²) < 4.78 is 9.66. The van der Waals surface area contributed by atoms with E-state index in [1.807, 2.05) is 0 Å². The number of esters is 2. The van der Waals surface area contributed by atoms with Gasteiger partial charge in [-0.15, -0.1) is 0 Å². The molecule has 1 rings (SSSR count). The van der Waals surface area contributed by atoms with Gasteiger partial charge in [0.25, 0.3) is 0 Å². The van der Waals surface area contributed by atoms with Crippen LogP contribution in [0.5, 0.6) is 0 Å². The lowest BCUT2D eigenvalue weighted by atomic mass is 10.0. The molecule has 0 saturated heterocycles. The summed E-state index contributed by atoms with van der Waals surface area (Å²) in [6.07, 6.45) is 0.968. The molecule has 5 nitrogen and oxygen atoms in total. The van der Waals surface area contributed by atoms with Gasteiger partial charge < -0.3 is 9.47 Å². The predicted molar refractivity (Wildman–Crippen MR) is 77.2 cm³/mol. The lowest BCUT2D eigenvalue weighted by Gasteiger charge is -2.04. The van der Waals surface area contributed by atoms with E-state index in [0.717, 1.165) is 0 Å². The fourth-order valence-corrected chi connectivity index (χ4v) is 1.78. The Morgan fingerprint density at radius 3 is 2.00 bits per heavy atom. The van der Waals surface area contributed by atoms with E-state index < -0.39 is 5.97 Å². The minimum absolute atomic E-state index is 0.0605. The number of hydrogen-bond acceptors (Lipinski definition) is 5. The molecular formula is C16H20O5. The number of rotatable bonds is 8. The highest BCUT2D eigenvalue weighted by Gasteiger charge is 2.10. The van der Waals surface area contributed by atoms with Crippen LogP contribution in [0.1, 0.15) is 53.8 Å². The molecular weight excluding hydrogens is 272 g/mol. The molecule has 0 heterocycles. The topological polar surface area (TPSA) is 69.7 Å². The van der Waals surface area contributed by atoms with Gasteiger partial charge in [0.1, 0.15) is 0 Å². The molecule has 0 unspecified atom stereocenters. The van der Waals surface area contributed by atoms with Crippen LogP contribution in [0.3, 0.4) is 0 Å². The Morgan fingerprint density at radius 1 is 0.857 bits per heavy atom. The monoisotopic (exact) mass is 292 g/mol. The van der Waals surface area contributed by atoms with Crippen LogP contribution >= 0.6 is 0 Å². The molecule has 0 aliphatic rings. The number of carbonyl (C=O) groups excluding carboxylic acids is 3. The number of carbonyl (C=O) groups is 3. The Kier molecular flexibility index (Phi) is 7.15. The van der Waals surface area contributed by atoms with Gasteiger partial charge in [-0.3, -0.25) is 9.59 Å². The summed E-state index contributed by atoms with van der Waals surface area (Å²) in [5.74, 6) is -0.753. The normalized spacial score (nSPS) is 10.0. The molecule has 0 radical (unpaired) electrons. The van der Waals surface area contributed by atoms with Crippen molar-refractivity contribution < 1.29 is 23.9 Å². The van der Waals surface area contributed by atoms with Crippen molar-refractivity contribution in [2.45, 2.75) is 33.1 Å². The van der Waals surface area contributed by atoms with Crippen LogP contribution in [0.15, 0.2) is 24.3 Å². The summed E-state index contributed by atoms with van der Waals surface area (Å²) in [4.78, 5) is 34.6. The van der Waals surface area contributed by atoms with Crippen molar-refractivity contribution in [3.05, 3.63) is 35.4 Å². The first kappa shape index (κ1) is 16.9. The van der Waals surface area contributed by atoms with E-state index in [1.165, 1.54) is 0 Å². The van der Waals surface area contributed by atoms with Crippen molar-refractivity contribution in [1.82, 2.24) is 0 Å². The molecule has 0 fully saturated rings. The lowest BCUT2D eigenvalue weighted by molar-refractivity contribution is -0.143. The molecule has 0 aliphatic heterocycles. The second-order valence-electron chi connectivity index (χ2n) is 4.38. The average molecular weight is 292 g/mol. The van der Waals surface area contributed by atoms with Gasteiger partial charge in [-0.2, -0.15) is 0 Å². The summed E-state index contributed by atoms with van der Waals surface area (Å²) in [5.41, 5.74) is 0.937. The number of benzene rings is 1. The van der Waals surface area contributed by atoms with Crippen LogP contribution in [0.25, 0.3) is 0 Å². The van der Waals surface area contributed by atoms with Crippen molar-refractivity contribution in [3.8, 4) is 0 Å². The zero-order valence-corrected chi connectivity index (χ0v) is 12.4. The molecule has 0 amide bonds. The standard InChI is InChI=1S/C16H20O5/c1-3-20-15(18)7-5-6-14(17)12-8-10-13(11-9-12)16(19)21-4-2/h8-11H,3-7H2,1-2H3. The highest BCUT2D eigenvalue weighted by molar-refractivity contribution is 5.97. The third kappa shape index (κ3) is 5.77. The molecule has 0 saturated carbocycles. The molecule has 0 spiro atoms. The van der Waals surface area contributed by atoms with E-state index in [9.17, 15) is 14.4 Å². The molecule has 0 bridgehead atoms. The van der Waals surface area contributed by atoms with E-state index in [2.05, 4.69) is 0 Å². The minimum atomic E-state index is -0.404. The molecule has 0 N–H and O–H groups in total. The lowest BCUT2D eigenvalue weighted by Crippen LogP contribution is -2.07. The van der Waals surface area contributed by atoms with Gasteiger partial charge in [0.15, 0.2) is 5.78 Å². The third-order valence-electron chi connectivity index (χ3n) is 2.81. The van der Waals surface area contributed by atoms with E-state index >= 15 is 0 Å². The molecule has 1 aromatic rings. The summed E-state index contributed by atoms with van der Waals surface area (Å²) in [5, 5.41) is 0. The summed E-state index contributed by atoms with van der Waals surface area (Å²) in [6.45, 7) is 4.14. The van der Waals surface area contributed by atoms with Crippen molar-refractivity contribution in [1.29, 1.82) is 0 Å². The van der Waals surface area contributed by atoms with Crippen LogP contribution in [0, 0.1) is 0 Å². The van der Waals surface area contributed by atoms with Crippen LogP contribution < -0.4 is 0 Å². The SMILES string of the molecule is CCOC(=O)CCCC(=O)c1ccc(C(=O)OCC)cc1. The van der Waals surface area contributed by atoms with Crippen LogP contribution in [0.4, 0.5) is 0 Å². The van der Waals surface area contributed by atoms with E-state index in [0.29, 0.717) is 30.8 Å². The maximum Gasteiger partial charge on any atom is 0.338 e. The minimum Gasteiger partial charge on any atom is -0.466 e. The van der Waals surface area contributed by atoms with Crippen molar-refractivity contribution in [3.63, 3.8) is 0 Å². The highest BCUT2D eigenvalue weighted by atomic mass is 16.5. The molecule has 0 atom stereocenters. The quantitative estimate of drug-likeness (QED) is 0.544. The smallest absolute Gasteiger partial charge is 0.338 e. The van der Waals surface area contributed by atoms with E-state index in [-0.39, 0.29) is 24.6 Å². The summed E-state index contributed by atoms with van der Waals surface area (Å²) in [6, 6.07) is 6.32. The molecule has 21 heavy (non-hydrogen) atoms. The third-order valence-corrected chi connectivity index (χ3v) is 2.81. The highest BCUT2D eigenvalue weighted by Crippen LogP contribution is 2.10. The number of ketones is 1. The van der Waals surface area contributed by atoms with Gasteiger partial charge >= 0.3 is 11.9 Å². The van der Waals surface area contributed by atoms with Crippen LogP contribution in [0.2, 0.25) is 0 Å². The Bertz CT molecular complexity index is 490. The maximum absolute atomic E-state index is 11.9. The molecule has 1 aromatic carbocycles. The Labute approximate surface area is 124 Å². The van der Waals surface area contributed by atoms with Gasteiger partial charge in [-0.25, -0.2) is 4.79 Å². The van der Waals surface area contributed by atoms with Crippen LogP contribution in [-0.2, 0) is 14.3 Å². The van der Waals surface area contributed by atoms with Gasteiger partial charge in [0.05, 0.1) is 18.8 Å². The fraction of sp³-hybridized carbons (Fsp3) is 0.438. The average Bonchev–Trinajstić information content (AvgIpc) is 2.48. The first-order chi connectivity index (χ1) is 10.1. The van der Waals surface area contributed by atoms with Gasteiger partial charge in [-0.05, 0) is 32.4 Å². The number of Topliss-reactive ketones (excluding diaryl/α,β-unsaturated/α-hetero) is 1. The Balaban J connectivity index is 2.48. The first-order valence-corrected chi connectivity index (χ1v) is 7.04. The predicted octanol–water partition coefficient (Wildman–Crippen LogP) is 2.78. The first-order valence-electron chi connectivity index (χ1n) is 7.04. The zero-order valence-electron chi connectivity index (χ0n) is 12.4. The summed E-state index contributed by atoms with van der Waals surface area (Å²) in [7, 11) is 0. The number of hydrogen-bond donors (Lipinski definition) is 0. The van der Waals surface area contributed by atoms with Gasteiger partial charge in [0.2, 0.25) is 0 Å². The summed E-state index contributed by atoms with van der Waals surface area (Å²) >= 11 is 0. The Hall–Kier alpha value is -2.17. The van der Waals surface area contributed by atoms with Crippen molar-refractivity contribution in [2.75, 3.05) is 13.2 Å². The van der Waals surface area contributed by atoms with Gasteiger partial charge in [0, 0.05) is 18.4 Å². The number of ether oxygens (including phenoxy) is 2. The van der Waals surface area contributed by atoms with Crippen molar-refractivity contribution >= 4 is 17.7 Å². The van der Waals surface area contributed by atoms with E-state index in [4.69, 9.17) is 9.47 Å². The van der Waals surface area contributed by atoms with Crippen molar-refractivity contribution in [2.24, 2.45) is 0 Å². The second kappa shape index (κ2) is 8.89. The maximum atomic E-state index is 11.9. The Morgan fingerprint density at radius 2 is 1.43 bits per heavy atom. The molecule has 5 heteroatoms. The zero-order chi connectivity index (χ0) is 15.7. The molecule has 0 aliphatic carbocycles. The second-order valence-corrected chi connectivity index (χ2v) is 4.38. The largest absolute Gasteiger partial charge is 0.466 e. The van der Waals surface area contributed by atoms with E-state index in [1.54, 1.807) is 38.1 Å². The van der Waals surface area contributed by atoms with Crippen LogP contribution in [-0.4, -0.2) is 30.9 Å². The molecule has 0 aromatic heterocycles.